The van der Waals surface area contributed by atoms with Crippen molar-refractivity contribution in [1.82, 2.24) is 4.90 Å². The standard InChI is InChI=1S/C22H22F3N3O2S/c1-30-14-21-5-6-27(18-3-2-15(9-26)19(8-18)22(23,24)25)10-17(21)11-28(13-21)20(29)16-4-7-31-12-16/h2-4,7-8,12,17H,5-6,10-11,13-14H2,1H3/t17-,21+/m1/s1. The number of nitrogens with zero attached hydrogens (tertiary/aromatic N) is 3. The number of thiophene rings is 1. The van der Waals surface area contributed by atoms with Gasteiger partial charge in [0.25, 0.3) is 5.91 Å². The zero-order valence-electron chi connectivity index (χ0n) is 17.0. The average Bonchev–Trinajstić information content (AvgIpc) is 3.40. The van der Waals surface area contributed by atoms with Gasteiger partial charge in [-0.1, -0.05) is 0 Å². The normalized spacial score (nSPS) is 23.5. The van der Waals surface area contributed by atoms with Crippen LogP contribution in [0.3, 0.4) is 0 Å². The Kier molecular flexibility index (Phi) is 5.71. The van der Waals surface area contributed by atoms with Gasteiger partial charge in [-0.25, -0.2) is 0 Å². The number of ether oxygens (including phenoxy) is 1. The lowest BCUT2D eigenvalue weighted by Gasteiger charge is -2.44. The van der Waals surface area contributed by atoms with Crippen LogP contribution in [-0.4, -0.2) is 50.7 Å². The van der Waals surface area contributed by atoms with Gasteiger partial charge < -0.3 is 14.5 Å². The van der Waals surface area contributed by atoms with Gasteiger partial charge in [-0.05, 0) is 36.1 Å². The third kappa shape index (κ3) is 4.02. The van der Waals surface area contributed by atoms with E-state index in [0.29, 0.717) is 50.5 Å². The molecule has 4 rings (SSSR count). The van der Waals surface area contributed by atoms with Crippen LogP contribution in [0.15, 0.2) is 35.0 Å². The van der Waals surface area contributed by atoms with E-state index in [1.165, 1.54) is 17.4 Å². The molecule has 0 N–H and O–H groups in total. The second kappa shape index (κ2) is 8.17. The van der Waals surface area contributed by atoms with Crippen molar-refractivity contribution in [2.24, 2.45) is 11.3 Å². The van der Waals surface area contributed by atoms with Crippen molar-refractivity contribution >= 4 is 22.9 Å². The molecule has 5 nitrogen and oxygen atoms in total. The Hall–Kier alpha value is -2.57. The van der Waals surface area contributed by atoms with Crippen LogP contribution in [0.4, 0.5) is 18.9 Å². The Morgan fingerprint density at radius 3 is 2.81 bits per heavy atom. The minimum atomic E-state index is -4.59. The molecule has 0 bridgehead atoms. The highest BCUT2D eigenvalue weighted by Gasteiger charge is 2.51. The Labute approximate surface area is 182 Å². The molecule has 0 spiro atoms. The first kappa shape index (κ1) is 21.7. The molecular weight excluding hydrogens is 427 g/mol. The maximum absolute atomic E-state index is 13.4. The number of alkyl halides is 3. The lowest BCUT2D eigenvalue weighted by atomic mass is 9.73. The number of piperidine rings is 1. The van der Waals surface area contributed by atoms with Crippen molar-refractivity contribution in [3.63, 3.8) is 0 Å². The highest BCUT2D eigenvalue weighted by Crippen LogP contribution is 2.45. The first-order chi connectivity index (χ1) is 14.8. The van der Waals surface area contributed by atoms with Gasteiger partial charge in [-0.2, -0.15) is 29.8 Å². The molecule has 31 heavy (non-hydrogen) atoms. The van der Waals surface area contributed by atoms with Crippen LogP contribution >= 0.6 is 11.3 Å². The first-order valence-electron chi connectivity index (χ1n) is 9.94. The lowest BCUT2D eigenvalue weighted by Crippen LogP contribution is -2.49. The Balaban J connectivity index is 1.58. The van der Waals surface area contributed by atoms with Crippen molar-refractivity contribution in [1.29, 1.82) is 5.26 Å². The van der Waals surface area contributed by atoms with Crippen LogP contribution in [0.5, 0.6) is 0 Å². The predicted octanol–water partition coefficient (Wildman–Crippen LogP) is 4.25. The van der Waals surface area contributed by atoms with Crippen LogP contribution in [0.2, 0.25) is 0 Å². The minimum Gasteiger partial charge on any atom is -0.384 e. The maximum atomic E-state index is 13.4. The number of anilines is 1. The molecule has 0 radical (unpaired) electrons. The van der Waals surface area contributed by atoms with E-state index < -0.39 is 11.7 Å². The fourth-order valence-electron chi connectivity index (χ4n) is 4.82. The predicted molar refractivity (Wildman–Crippen MR) is 111 cm³/mol. The van der Waals surface area contributed by atoms with Crippen LogP contribution in [0.1, 0.15) is 27.9 Å². The number of fused-ring (bicyclic) bond motifs is 1. The number of rotatable bonds is 4. The highest BCUT2D eigenvalue weighted by atomic mass is 32.1. The molecule has 3 heterocycles. The van der Waals surface area contributed by atoms with Crippen LogP contribution in [0.25, 0.3) is 0 Å². The van der Waals surface area contributed by atoms with Crippen molar-refractivity contribution in [2.75, 3.05) is 44.8 Å². The Morgan fingerprint density at radius 1 is 1.35 bits per heavy atom. The number of likely N-dealkylation sites (tertiary alicyclic amines) is 1. The molecule has 1 aromatic carbocycles. The Bertz CT molecular complexity index is 1000. The fourth-order valence-corrected chi connectivity index (χ4v) is 5.45. The smallest absolute Gasteiger partial charge is 0.384 e. The monoisotopic (exact) mass is 449 g/mol. The lowest BCUT2D eigenvalue weighted by molar-refractivity contribution is -0.137. The van der Waals surface area contributed by atoms with E-state index in [1.54, 1.807) is 25.3 Å². The molecule has 0 unspecified atom stereocenters. The molecular formula is C22H22F3N3O2S. The quantitative estimate of drug-likeness (QED) is 0.700. The van der Waals surface area contributed by atoms with Crippen LogP contribution in [0, 0.1) is 22.7 Å². The van der Waals surface area contributed by atoms with Gasteiger partial charge in [-0.15, -0.1) is 0 Å². The average molecular weight is 449 g/mol. The van der Waals surface area contributed by atoms with Crippen molar-refractivity contribution in [3.8, 4) is 6.07 Å². The summed E-state index contributed by atoms with van der Waals surface area (Å²) in [5, 5.41) is 12.7. The highest BCUT2D eigenvalue weighted by molar-refractivity contribution is 7.08. The van der Waals surface area contributed by atoms with Gasteiger partial charge in [-0.3, -0.25) is 4.79 Å². The molecule has 1 amide bonds. The summed E-state index contributed by atoms with van der Waals surface area (Å²) in [5.74, 6) is 0.0594. The second-order valence-corrected chi connectivity index (χ2v) is 9.01. The van der Waals surface area contributed by atoms with Crippen molar-refractivity contribution in [3.05, 3.63) is 51.7 Å². The SMILES string of the molecule is COC[C@@]12CCN(c3ccc(C#N)c(C(F)(F)F)c3)C[C@@H]1CN(C(=O)c1ccsc1)C2. The molecule has 1 aromatic heterocycles. The van der Waals surface area contributed by atoms with Gasteiger partial charge in [0.1, 0.15) is 0 Å². The molecule has 2 atom stereocenters. The molecule has 2 fully saturated rings. The number of halogens is 3. The zero-order valence-corrected chi connectivity index (χ0v) is 17.8. The summed E-state index contributed by atoms with van der Waals surface area (Å²) in [6.07, 6.45) is -3.88. The van der Waals surface area contributed by atoms with Crippen molar-refractivity contribution in [2.45, 2.75) is 12.6 Å². The maximum Gasteiger partial charge on any atom is 0.417 e. The summed E-state index contributed by atoms with van der Waals surface area (Å²) >= 11 is 1.47. The van der Waals surface area contributed by atoms with Gasteiger partial charge in [0.2, 0.25) is 0 Å². The van der Waals surface area contributed by atoms with Crippen LogP contribution in [-0.2, 0) is 10.9 Å². The summed E-state index contributed by atoms with van der Waals surface area (Å²) in [5.41, 5.74) is -0.400. The van der Waals surface area contributed by atoms with Crippen LogP contribution < -0.4 is 4.90 Å². The van der Waals surface area contributed by atoms with Crippen molar-refractivity contribution < 1.29 is 22.7 Å². The summed E-state index contributed by atoms with van der Waals surface area (Å²) < 4.78 is 45.7. The van der Waals surface area contributed by atoms with E-state index in [-0.39, 0.29) is 22.8 Å². The third-order valence-electron chi connectivity index (χ3n) is 6.41. The number of benzene rings is 1. The van der Waals surface area contributed by atoms with E-state index in [0.717, 1.165) is 6.07 Å². The van der Waals surface area contributed by atoms with E-state index in [2.05, 4.69) is 0 Å². The first-order valence-corrected chi connectivity index (χ1v) is 10.9. The number of amides is 1. The molecule has 2 saturated heterocycles. The van der Waals surface area contributed by atoms with Gasteiger partial charge in [0, 0.05) is 55.7 Å². The number of nitriles is 1. The summed E-state index contributed by atoms with van der Waals surface area (Å²) in [7, 11) is 1.64. The molecule has 164 valence electrons. The van der Waals surface area contributed by atoms with E-state index in [4.69, 9.17) is 10.00 Å². The molecule has 2 aliphatic rings. The summed E-state index contributed by atoms with van der Waals surface area (Å²) in [6, 6.07) is 7.29. The molecule has 0 saturated carbocycles. The number of methoxy groups -OCH3 is 1. The topological polar surface area (TPSA) is 56.6 Å². The zero-order chi connectivity index (χ0) is 22.2. The minimum absolute atomic E-state index is 0.0181. The fraction of sp³-hybridized carbons (Fsp3) is 0.455. The third-order valence-corrected chi connectivity index (χ3v) is 7.10. The number of carbonyl (C=O) groups is 1. The largest absolute Gasteiger partial charge is 0.417 e. The molecule has 9 heteroatoms. The molecule has 0 aliphatic carbocycles. The van der Waals surface area contributed by atoms with E-state index in [9.17, 15) is 18.0 Å². The number of carbonyl (C=O) groups excluding carboxylic acids is 1. The second-order valence-electron chi connectivity index (χ2n) is 8.23. The summed E-state index contributed by atoms with van der Waals surface area (Å²) in [4.78, 5) is 16.7. The van der Waals surface area contributed by atoms with Gasteiger partial charge in [0.05, 0.1) is 29.4 Å². The van der Waals surface area contributed by atoms with E-state index in [1.807, 2.05) is 20.6 Å². The summed E-state index contributed by atoms with van der Waals surface area (Å²) in [6.45, 7) is 2.70. The Morgan fingerprint density at radius 2 is 2.16 bits per heavy atom. The van der Waals surface area contributed by atoms with E-state index >= 15 is 0 Å². The number of hydrogen-bond acceptors (Lipinski definition) is 5. The number of hydrogen-bond donors (Lipinski definition) is 0. The van der Waals surface area contributed by atoms with Gasteiger partial charge in [0.15, 0.2) is 0 Å². The molecule has 2 aliphatic heterocycles. The van der Waals surface area contributed by atoms with Gasteiger partial charge >= 0.3 is 6.18 Å². The molecule has 2 aromatic rings.